The molecule has 0 spiro atoms. The van der Waals surface area contributed by atoms with Crippen molar-refractivity contribution in [2.24, 2.45) is 0 Å². The third-order valence-corrected chi connectivity index (χ3v) is 6.00. The number of aliphatic hydroxyl groups excluding tert-OH is 1. The molecule has 2 aliphatic rings. The number of carbonyl (C=O) groups excluding carboxylic acids is 2. The van der Waals surface area contributed by atoms with E-state index in [1.54, 1.807) is 29.2 Å². The van der Waals surface area contributed by atoms with E-state index in [-0.39, 0.29) is 40.4 Å². The van der Waals surface area contributed by atoms with Crippen LogP contribution in [0.5, 0.6) is 5.75 Å². The average molecular weight is 477 g/mol. The highest BCUT2D eigenvalue weighted by molar-refractivity contribution is 6.20. The predicted molar refractivity (Wildman–Crippen MR) is 127 cm³/mol. The third kappa shape index (κ3) is 5.19. The molecule has 10 nitrogen and oxygen atoms in total. The number of aliphatic carboxylic acids is 1. The molecule has 0 bridgehead atoms. The van der Waals surface area contributed by atoms with E-state index in [1.807, 2.05) is 26.8 Å². The summed E-state index contributed by atoms with van der Waals surface area (Å²) in [6.07, 6.45) is 3.99. The van der Waals surface area contributed by atoms with Crippen molar-refractivity contribution >= 4 is 23.2 Å². The fourth-order valence-electron chi connectivity index (χ4n) is 4.23. The Morgan fingerprint density at radius 2 is 1.65 bits per heavy atom. The van der Waals surface area contributed by atoms with Crippen molar-refractivity contribution in [3.05, 3.63) is 58.8 Å². The van der Waals surface area contributed by atoms with E-state index < -0.39 is 18.0 Å². The number of carboxylic acid groups (broad SMARTS) is 1. The highest BCUT2D eigenvalue weighted by atomic mass is 16.4. The molecule has 7 N–H and O–H groups in total. The zero-order chi connectivity index (χ0) is 23.6. The topological polar surface area (TPSA) is 187 Å². The molecule has 1 aromatic carbocycles. The molecular formula is C24H32N2O8. The minimum atomic E-state index is -1.11. The van der Waals surface area contributed by atoms with Gasteiger partial charge < -0.3 is 36.1 Å². The first kappa shape index (κ1) is 28.6. The van der Waals surface area contributed by atoms with E-state index in [2.05, 4.69) is 4.90 Å². The van der Waals surface area contributed by atoms with Crippen LogP contribution >= 0.6 is 0 Å². The Morgan fingerprint density at radius 1 is 1.03 bits per heavy atom. The number of nitrogens with zero attached hydrogens (tertiary/aromatic N) is 2. The van der Waals surface area contributed by atoms with E-state index in [4.69, 9.17) is 5.11 Å². The van der Waals surface area contributed by atoms with Gasteiger partial charge in [0.25, 0.3) is 0 Å². The molecule has 1 aromatic rings. The quantitative estimate of drug-likeness (QED) is 0.372. The summed E-state index contributed by atoms with van der Waals surface area (Å²) in [6, 6.07) is 4.64. The zero-order valence-corrected chi connectivity index (χ0v) is 19.4. The molecule has 0 amide bonds. The number of rotatable bonds is 8. The minimum absolute atomic E-state index is 0. The number of benzene rings is 1. The largest absolute Gasteiger partial charge is 0.870 e. The van der Waals surface area contributed by atoms with Gasteiger partial charge in [0.1, 0.15) is 24.3 Å². The zero-order valence-electron chi connectivity index (χ0n) is 19.4. The SMILES string of the molecule is CCN(CC)C1=CC(=[OH+])C(=C2C(=[OH+])C(c3ccc(N(CC)CC(=O)O)cc3O)C2O)C=C1.[OH-].[OH-]. The number of hydrogen-bond donors (Lipinski definition) is 3. The van der Waals surface area contributed by atoms with Crippen molar-refractivity contribution in [3.8, 4) is 5.75 Å². The fourth-order valence-corrected chi connectivity index (χ4v) is 4.23. The summed E-state index contributed by atoms with van der Waals surface area (Å²) in [5.74, 6) is -2.14. The van der Waals surface area contributed by atoms with E-state index in [1.165, 1.54) is 6.07 Å². The highest BCUT2D eigenvalue weighted by Crippen LogP contribution is 2.44. The first-order valence-electron chi connectivity index (χ1n) is 10.7. The lowest BCUT2D eigenvalue weighted by Gasteiger charge is -2.32. The minimum Gasteiger partial charge on any atom is -0.870 e. The van der Waals surface area contributed by atoms with E-state index in [0.29, 0.717) is 23.4 Å². The lowest BCUT2D eigenvalue weighted by atomic mass is 9.68. The van der Waals surface area contributed by atoms with E-state index in [9.17, 15) is 24.6 Å². The number of carboxylic acids is 1. The van der Waals surface area contributed by atoms with Gasteiger partial charge in [-0.05, 0) is 39.0 Å². The molecule has 0 aliphatic heterocycles. The Bertz CT molecular complexity index is 1040. The van der Waals surface area contributed by atoms with E-state index in [0.717, 1.165) is 18.8 Å². The van der Waals surface area contributed by atoms with Crippen LogP contribution in [-0.4, -0.2) is 90.6 Å². The number of hydrogen-bond acceptors (Lipinski definition) is 7. The Kier molecular flexibility index (Phi) is 9.74. The number of allylic oxidation sites excluding steroid dienone is 4. The van der Waals surface area contributed by atoms with Crippen LogP contribution in [0, 0.1) is 0 Å². The normalized spacial score (nSPS) is 21.1. The summed E-state index contributed by atoms with van der Waals surface area (Å²) in [5, 5.41) is 30.3. The number of aromatic hydroxyl groups is 1. The van der Waals surface area contributed by atoms with Gasteiger partial charge in [-0.3, -0.25) is 14.4 Å². The van der Waals surface area contributed by atoms with Crippen LogP contribution in [0.2, 0.25) is 0 Å². The van der Waals surface area contributed by atoms with Crippen molar-refractivity contribution in [2.75, 3.05) is 31.1 Å². The number of carbonyl (C=O) groups is 1. The standard InChI is InChI=1S/C24H28N2O6.2H2O/c1-4-25(5-2)14-7-9-16(18(27)11-14)21-23(31)22(24(21)32)17-10-8-15(12-19(17)28)26(6-3)13-20(29)30;;/h7-12,22-23,28,31H,4-6,13H2,1-3H3,(H,29,30);2*1H2. The lowest BCUT2D eigenvalue weighted by molar-refractivity contribution is -0.135. The number of aliphatic hydroxyl groups is 1. The van der Waals surface area contributed by atoms with E-state index >= 15 is 0 Å². The summed E-state index contributed by atoms with van der Waals surface area (Å²) < 4.78 is 0. The maximum absolute atomic E-state index is 11.0. The number of anilines is 1. The molecule has 3 rings (SSSR count). The molecule has 186 valence electrons. The van der Waals surface area contributed by atoms with Crippen LogP contribution in [0.4, 0.5) is 5.69 Å². The molecule has 34 heavy (non-hydrogen) atoms. The molecule has 1 fully saturated rings. The van der Waals surface area contributed by atoms with Gasteiger partial charge in [0, 0.05) is 42.6 Å². The summed E-state index contributed by atoms with van der Waals surface area (Å²) in [5.41, 5.74) is 2.27. The second-order valence-electron chi connectivity index (χ2n) is 7.75. The van der Waals surface area contributed by atoms with Crippen molar-refractivity contribution in [3.63, 3.8) is 0 Å². The Balaban J connectivity index is 0.00000289. The Morgan fingerprint density at radius 3 is 2.12 bits per heavy atom. The number of likely N-dealkylation sites (N-methyl/N-ethyl adjacent to an activating group) is 2. The predicted octanol–water partition coefficient (Wildman–Crippen LogP) is 1.59. The molecule has 2 atom stereocenters. The maximum Gasteiger partial charge on any atom is 0.349 e. The van der Waals surface area contributed by atoms with Gasteiger partial charge in [-0.2, -0.15) is 0 Å². The van der Waals surface area contributed by atoms with Crippen LogP contribution in [0.1, 0.15) is 32.3 Å². The van der Waals surface area contributed by atoms with Gasteiger partial charge in [-0.15, -0.1) is 0 Å². The molecule has 10 heteroatoms. The molecule has 1 saturated carbocycles. The molecular weight excluding hydrogens is 444 g/mol. The second kappa shape index (κ2) is 11.6. The number of ketones is 2. The van der Waals surface area contributed by atoms with Gasteiger partial charge >= 0.3 is 17.5 Å². The van der Waals surface area contributed by atoms with Gasteiger partial charge in [0.05, 0.1) is 17.2 Å². The Labute approximate surface area is 197 Å². The number of phenolic OH excluding ortho intramolecular Hbond substituents is 1. The maximum atomic E-state index is 11.0. The first-order valence-corrected chi connectivity index (χ1v) is 10.7. The summed E-state index contributed by atoms with van der Waals surface area (Å²) in [6.45, 7) is 7.64. The van der Waals surface area contributed by atoms with Crippen LogP contribution in [0.25, 0.3) is 0 Å². The fraction of sp³-hybridized carbons (Fsp3) is 0.375. The summed E-state index contributed by atoms with van der Waals surface area (Å²) in [7, 11) is 0. The van der Waals surface area contributed by atoms with Crippen molar-refractivity contribution in [1.29, 1.82) is 0 Å². The average Bonchev–Trinajstić information content (AvgIpc) is 2.76. The number of phenols is 1. The van der Waals surface area contributed by atoms with Gasteiger partial charge in [-0.25, -0.2) is 0 Å². The lowest BCUT2D eigenvalue weighted by Crippen LogP contribution is -2.45. The highest BCUT2D eigenvalue weighted by Gasteiger charge is 2.54. The van der Waals surface area contributed by atoms with Crippen molar-refractivity contribution < 1.29 is 40.7 Å². The van der Waals surface area contributed by atoms with Crippen LogP contribution in [-0.2, 0) is 4.79 Å². The molecule has 2 aliphatic carbocycles. The molecule has 0 aromatic heterocycles. The van der Waals surface area contributed by atoms with Gasteiger partial charge in [0.2, 0.25) is 0 Å². The first-order chi connectivity index (χ1) is 15.2. The van der Waals surface area contributed by atoms with Crippen LogP contribution in [0.3, 0.4) is 0 Å². The molecule has 2 unspecified atom stereocenters. The molecule has 0 radical (unpaired) electrons. The van der Waals surface area contributed by atoms with Gasteiger partial charge in [-0.1, -0.05) is 6.07 Å². The van der Waals surface area contributed by atoms with Crippen LogP contribution in [0.15, 0.2) is 53.3 Å². The third-order valence-electron chi connectivity index (χ3n) is 6.00. The van der Waals surface area contributed by atoms with Crippen LogP contribution < -0.4 is 4.90 Å². The van der Waals surface area contributed by atoms with Crippen molar-refractivity contribution in [1.82, 2.24) is 4.90 Å². The molecule has 0 saturated heterocycles. The molecule has 0 heterocycles. The second-order valence-corrected chi connectivity index (χ2v) is 7.75. The smallest absolute Gasteiger partial charge is 0.349 e. The monoisotopic (exact) mass is 476 g/mol. The summed E-state index contributed by atoms with van der Waals surface area (Å²) >= 11 is 0. The summed E-state index contributed by atoms with van der Waals surface area (Å²) in [4.78, 5) is 35.9. The van der Waals surface area contributed by atoms with Crippen molar-refractivity contribution in [2.45, 2.75) is 32.8 Å². The Hall–Kier alpha value is -3.47. The van der Waals surface area contributed by atoms with Gasteiger partial charge in [0.15, 0.2) is 0 Å².